The van der Waals surface area contributed by atoms with E-state index in [9.17, 15) is 26.4 Å². The van der Waals surface area contributed by atoms with Crippen LogP contribution in [0.4, 0.5) is 36.2 Å². The van der Waals surface area contributed by atoms with Crippen LogP contribution in [0.5, 0.6) is 0 Å². The van der Waals surface area contributed by atoms with Gasteiger partial charge in [-0.05, 0) is 37.4 Å². The van der Waals surface area contributed by atoms with Crippen molar-refractivity contribution in [3.63, 3.8) is 0 Å². The highest BCUT2D eigenvalue weighted by Gasteiger charge is 2.38. The third-order valence-corrected chi connectivity index (χ3v) is 5.70. The van der Waals surface area contributed by atoms with Crippen molar-refractivity contribution >= 4 is 50.1 Å². The number of alkyl halides is 3. The topological polar surface area (TPSA) is 179 Å². The largest absolute Gasteiger partial charge is 0.490 e. The molecule has 0 unspecified atom stereocenters. The molecule has 190 valence electrons. The number of hydrogen-bond acceptors (Lipinski definition) is 9. The Morgan fingerprint density at radius 2 is 1.64 bits per heavy atom. The SMILES string of the molecule is CNS(=O)(=O)c1cccc(Nc2cc(Nc3ccc4[nH]c(=O)oc4c3)ncn2)c1.O=C(O)C(F)(F)F. The second-order valence-corrected chi connectivity index (χ2v) is 8.69. The number of benzene rings is 2. The van der Waals surface area contributed by atoms with E-state index in [-0.39, 0.29) is 4.90 Å². The van der Waals surface area contributed by atoms with Gasteiger partial charge in [0.05, 0.1) is 10.4 Å². The van der Waals surface area contributed by atoms with E-state index >= 15 is 0 Å². The smallest absolute Gasteiger partial charge is 0.475 e. The first-order valence-electron chi connectivity index (χ1n) is 9.70. The molecule has 4 rings (SSSR count). The van der Waals surface area contributed by atoms with Crippen molar-refractivity contribution in [2.24, 2.45) is 0 Å². The number of carboxylic acids is 1. The molecule has 0 radical (unpaired) electrons. The molecular formula is C20H17F3N6O6S. The van der Waals surface area contributed by atoms with Crippen LogP contribution in [-0.2, 0) is 14.8 Å². The monoisotopic (exact) mass is 526 g/mol. The first kappa shape index (κ1) is 26.2. The molecule has 12 nitrogen and oxygen atoms in total. The summed E-state index contributed by atoms with van der Waals surface area (Å²) in [5, 5.41) is 13.3. The first-order chi connectivity index (χ1) is 16.9. The molecule has 4 aromatic rings. The number of halogens is 3. The van der Waals surface area contributed by atoms with Gasteiger partial charge in [0.15, 0.2) is 5.58 Å². The van der Waals surface area contributed by atoms with Crippen LogP contribution in [0.1, 0.15) is 0 Å². The van der Waals surface area contributed by atoms with Crippen molar-refractivity contribution in [1.29, 1.82) is 0 Å². The maximum Gasteiger partial charge on any atom is 0.490 e. The van der Waals surface area contributed by atoms with Crippen molar-refractivity contribution in [3.05, 3.63) is 65.4 Å². The lowest BCUT2D eigenvalue weighted by atomic mass is 10.3. The zero-order valence-corrected chi connectivity index (χ0v) is 18.9. The third-order valence-electron chi connectivity index (χ3n) is 4.29. The van der Waals surface area contributed by atoms with Gasteiger partial charge >= 0.3 is 17.9 Å². The van der Waals surface area contributed by atoms with Crippen LogP contribution in [0.15, 0.2) is 69.0 Å². The summed E-state index contributed by atoms with van der Waals surface area (Å²) in [6.07, 6.45) is -3.71. The summed E-state index contributed by atoms with van der Waals surface area (Å²) in [6.45, 7) is 0. The summed E-state index contributed by atoms with van der Waals surface area (Å²) in [5.74, 6) is -2.31. The van der Waals surface area contributed by atoms with E-state index in [1.807, 2.05) is 0 Å². The normalized spacial score (nSPS) is 11.4. The highest BCUT2D eigenvalue weighted by Crippen LogP contribution is 2.23. The number of aromatic nitrogens is 3. The van der Waals surface area contributed by atoms with Crippen molar-refractivity contribution in [1.82, 2.24) is 19.7 Å². The van der Waals surface area contributed by atoms with E-state index in [1.54, 1.807) is 36.4 Å². The Kier molecular flexibility index (Phi) is 7.59. The molecule has 0 aliphatic carbocycles. The summed E-state index contributed by atoms with van der Waals surface area (Å²) >= 11 is 0. The maximum atomic E-state index is 12.0. The van der Waals surface area contributed by atoms with Crippen molar-refractivity contribution in [2.45, 2.75) is 11.1 Å². The van der Waals surface area contributed by atoms with E-state index in [4.69, 9.17) is 14.3 Å². The maximum absolute atomic E-state index is 12.0. The molecule has 0 fully saturated rings. The number of H-pyrrole nitrogens is 1. The molecule has 2 aromatic heterocycles. The lowest BCUT2D eigenvalue weighted by Gasteiger charge is -2.10. The van der Waals surface area contributed by atoms with Gasteiger partial charge < -0.3 is 20.2 Å². The number of carboxylic acid groups (broad SMARTS) is 1. The van der Waals surface area contributed by atoms with Gasteiger partial charge in [-0.1, -0.05) is 6.07 Å². The molecule has 0 saturated carbocycles. The summed E-state index contributed by atoms with van der Waals surface area (Å²) < 4.78 is 63.0. The average Bonchev–Trinajstić information content (AvgIpc) is 3.18. The van der Waals surface area contributed by atoms with Crippen molar-refractivity contribution in [3.8, 4) is 0 Å². The van der Waals surface area contributed by atoms with E-state index in [1.165, 1.54) is 25.5 Å². The molecule has 16 heteroatoms. The lowest BCUT2D eigenvalue weighted by Crippen LogP contribution is -2.21. The van der Waals surface area contributed by atoms with Crippen LogP contribution in [0.25, 0.3) is 11.1 Å². The van der Waals surface area contributed by atoms with Gasteiger partial charge in [-0.15, -0.1) is 0 Å². The van der Waals surface area contributed by atoms with E-state index in [0.717, 1.165) is 0 Å². The summed E-state index contributed by atoms with van der Waals surface area (Å²) in [7, 11) is -2.19. The van der Waals surface area contributed by atoms with Gasteiger partial charge in [-0.3, -0.25) is 4.98 Å². The number of oxazole rings is 1. The van der Waals surface area contributed by atoms with Crippen molar-refractivity contribution in [2.75, 3.05) is 17.7 Å². The number of carbonyl (C=O) groups is 1. The standard InChI is InChI=1S/C18H16N6O4S.C2HF3O2/c1-19-29(26,27)13-4-2-3-11(7-13)22-16-9-17(21-10-20-16)23-12-5-6-14-15(8-12)28-18(25)24-14;3-2(4,5)1(6)7/h2-10,19H,1H3,(H,24,25)(H2,20,21,22,23);(H,6,7). The molecule has 0 bridgehead atoms. The highest BCUT2D eigenvalue weighted by molar-refractivity contribution is 7.89. The Morgan fingerprint density at radius 1 is 1.03 bits per heavy atom. The number of nitrogens with one attached hydrogen (secondary N) is 4. The van der Waals surface area contributed by atoms with Gasteiger partial charge in [0.25, 0.3) is 0 Å². The Morgan fingerprint density at radius 3 is 2.22 bits per heavy atom. The van der Waals surface area contributed by atoms with Gasteiger partial charge in [-0.2, -0.15) is 13.2 Å². The predicted octanol–water partition coefficient (Wildman–Crippen LogP) is 2.94. The van der Waals surface area contributed by atoms with Gasteiger partial charge in [0.1, 0.15) is 18.0 Å². The van der Waals surface area contributed by atoms with Gasteiger partial charge in [-0.25, -0.2) is 32.7 Å². The van der Waals surface area contributed by atoms with Crippen LogP contribution in [0.3, 0.4) is 0 Å². The lowest BCUT2D eigenvalue weighted by molar-refractivity contribution is -0.192. The number of nitrogens with zero attached hydrogens (tertiary/aromatic N) is 2. The highest BCUT2D eigenvalue weighted by atomic mass is 32.2. The van der Waals surface area contributed by atoms with Crippen molar-refractivity contribution < 1.29 is 35.9 Å². The minimum absolute atomic E-state index is 0.138. The van der Waals surface area contributed by atoms with Crippen LogP contribution in [0, 0.1) is 0 Å². The van der Waals surface area contributed by atoms with Crippen LogP contribution >= 0.6 is 0 Å². The third kappa shape index (κ3) is 6.80. The van der Waals surface area contributed by atoms with E-state index in [0.29, 0.717) is 34.1 Å². The van der Waals surface area contributed by atoms with Crippen LogP contribution in [-0.4, -0.2) is 47.7 Å². The molecule has 0 saturated heterocycles. The Labute approximate surface area is 200 Å². The zero-order chi connectivity index (χ0) is 26.5. The molecule has 0 amide bonds. The number of aromatic amines is 1. The number of rotatable bonds is 6. The molecule has 0 aliphatic heterocycles. The fourth-order valence-corrected chi connectivity index (χ4v) is 3.45. The fourth-order valence-electron chi connectivity index (χ4n) is 2.67. The molecule has 36 heavy (non-hydrogen) atoms. The number of aliphatic carboxylic acids is 1. The molecular weight excluding hydrogens is 509 g/mol. The predicted molar refractivity (Wildman–Crippen MR) is 122 cm³/mol. The molecule has 0 spiro atoms. The van der Waals surface area contributed by atoms with E-state index < -0.39 is 27.9 Å². The number of hydrogen-bond donors (Lipinski definition) is 5. The number of sulfonamides is 1. The minimum atomic E-state index is -5.08. The average molecular weight is 526 g/mol. The summed E-state index contributed by atoms with van der Waals surface area (Å²) in [6, 6.07) is 13.2. The number of anilines is 4. The second-order valence-electron chi connectivity index (χ2n) is 6.80. The second kappa shape index (κ2) is 10.4. The number of fused-ring (bicyclic) bond motifs is 1. The first-order valence-corrected chi connectivity index (χ1v) is 11.2. The Hall–Kier alpha value is -4.44. The van der Waals surface area contributed by atoms with E-state index in [2.05, 4.69) is 30.3 Å². The molecule has 5 N–H and O–H groups in total. The van der Waals surface area contributed by atoms with Crippen LogP contribution < -0.4 is 21.1 Å². The zero-order valence-electron chi connectivity index (χ0n) is 18.1. The molecule has 0 aliphatic rings. The summed E-state index contributed by atoms with van der Waals surface area (Å²) in [4.78, 5) is 31.2. The Bertz CT molecular complexity index is 1550. The molecule has 2 aromatic carbocycles. The minimum Gasteiger partial charge on any atom is -0.475 e. The van der Waals surface area contributed by atoms with Gasteiger partial charge in [0, 0.05) is 23.5 Å². The quantitative estimate of drug-likeness (QED) is 0.251. The molecule has 2 heterocycles. The van der Waals surface area contributed by atoms with Crippen LogP contribution in [0.2, 0.25) is 0 Å². The van der Waals surface area contributed by atoms with Gasteiger partial charge in [0.2, 0.25) is 10.0 Å². The molecule has 0 atom stereocenters. The summed E-state index contributed by atoms with van der Waals surface area (Å²) in [5.41, 5.74) is 2.26. The fraction of sp³-hybridized carbons (Fsp3) is 0.100. The Balaban J connectivity index is 0.000000454.